The lowest BCUT2D eigenvalue weighted by atomic mass is 10.0. The summed E-state index contributed by atoms with van der Waals surface area (Å²) in [5.74, 6) is -0.429. The number of halogens is 3. The maximum Gasteiger partial charge on any atom is 0.416 e. The van der Waals surface area contributed by atoms with Gasteiger partial charge in [-0.1, -0.05) is 42.5 Å². The first kappa shape index (κ1) is 23.0. The molecule has 4 rings (SSSR count). The molecule has 0 radical (unpaired) electrons. The minimum absolute atomic E-state index is 0.00720. The summed E-state index contributed by atoms with van der Waals surface area (Å²) in [6, 6.07) is 13.7. The Morgan fingerprint density at radius 3 is 2.64 bits per heavy atom. The Hall–Kier alpha value is -3.20. The van der Waals surface area contributed by atoms with Crippen molar-refractivity contribution < 1.29 is 22.8 Å². The van der Waals surface area contributed by atoms with Crippen LogP contribution in [0.5, 0.6) is 0 Å². The molecule has 1 aliphatic heterocycles. The first-order valence-corrected chi connectivity index (χ1v) is 11.4. The van der Waals surface area contributed by atoms with Crippen LogP contribution in [0.4, 0.5) is 13.2 Å². The number of nitrogens with one attached hydrogen (secondary N) is 1. The molecule has 9 heteroatoms. The van der Waals surface area contributed by atoms with Gasteiger partial charge in [0.25, 0.3) is 0 Å². The van der Waals surface area contributed by atoms with Crippen LogP contribution in [-0.4, -0.2) is 34.8 Å². The highest BCUT2D eigenvalue weighted by Gasteiger charge is 2.32. The van der Waals surface area contributed by atoms with Crippen LogP contribution in [-0.2, 0) is 22.2 Å². The predicted octanol–water partition coefficient (Wildman–Crippen LogP) is 4.85. The molecule has 1 N–H and O–H groups in total. The van der Waals surface area contributed by atoms with Gasteiger partial charge < -0.3 is 10.2 Å². The van der Waals surface area contributed by atoms with E-state index >= 15 is 0 Å². The van der Waals surface area contributed by atoms with Crippen molar-refractivity contribution in [1.29, 1.82) is 0 Å². The zero-order chi connectivity index (χ0) is 23.4. The van der Waals surface area contributed by atoms with Crippen molar-refractivity contribution in [3.63, 3.8) is 0 Å². The summed E-state index contributed by atoms with van der Waals surface area (Å²) in [5, 5.41) is 5.41. The fourth-order valence-electron chi connectivity index (χ4n) is 3.79. The number of thiazole rings is 1. The SMILES string of the molecule is O=C(Cc1csc(-c2ccccc2)n1)NC(CN1CCCC1=O)c1cccc(C(F)(F)F)c1. The van der Waals surface area contributed by atoms with E-state index in [0.29, 0.717) is 30.6 Å². The van der Waals surface area contributed by atoms with Gasteiger partial charge in [0.1, 0.15) is 5.01 Å². The van der Waals surface area contributed by atoms with Crippen LogP contribution in [0.1, 0.15) is 35.7 Å². The second kappa shape index (κ2) is 9.74. The molecule has 0 saturated carbocycles. The summed E-state index contributed by atoms with van der Waals surface area (Å²) in [4.78, 5) is 31.0. The van der Waals surface area contributed by atoms with Gasteiger partial charge in [-0.15, -0.1) is 11.3 Å². The highest BCUT2D eigenvalue weighted by molar-refractivity contribution is 7.13. The lowest BCUT2D eigenvalue weighted by Gasteiger charge is -2.25. The second-order valence-electron chi connectivity index (χ2n) is 7.87. The molecule has 3 aromatic rings. The number of hydrogen-bond donors (Lipinski definition) is 1. The molecule has 1 unspecified atom stereocenters. The minimum atomic E-state index is -4.50. The predicted molar refractivity (Wildman–Crippen MR) is 119 cm³/mol. The molecule has 1 saturated heterocycles. The molecule has 1 aromatic heterocycles. The second-order valence-corrected chi connectivity index (χ2v) is 8.73. The average molecular weight is 474 g/mol. The zero-order valence-corrected chi connectivity index (χ0v) is 18.5. The van der Waals surface area contributed by atoms with Gasteiger partial charge in [0, 0.05) is 30.5 Å². The minimum Gasteiger partial charge on any atom is -0.347 e. The topological polar surface area (TPSA) is 62.3 Å². The lowest BCUT2D eigenvalue weighted by Crippen LogP contribution is -2.39. The van der Waals surface area contributed by atoms with Gasteiger partial charge in [0.2, 0.25) is 11.8 Å². The summed E-state index contributed by atoms with van der Waals surface area (Å²) in [7, 11) is 0. The van der Waals surface area contributed by atoms with Crippen molar-refractivity contribution in [3.05, 3.63) is 76.8 Å². The van der Waals surface area contributed by atoms with Gasteiger partial charge in [-0.05, 0) is 24.1 Å². The number of amides is 2. The molecule has 33 heavy (non-hydrogen) atoms. The Bertz CT molecular complexity index is 1130. The van der Waals surface area contributed by atoms with Crippen LogP contribution in [0.2, 0.25) is 0 Å². The number of hydrogen-bond acceptors (Lipinski definition) is 4. The standard InChI is InChI=1S/C24H22F3N3O2S/c25-24(26,27)18-9-4-8-17(12-18)20(14-30-11-5-10-22(30)32)29-21(31)13-19-15-33-23(28-19)16-6-2-1-3-7-16/h1-4,6-9,12,15,20H,5,10-11,13-14H2,(H,29,31). The first-order chi connectivity index (χ1) is 15.8. The molecule has 0 aliphatic carbocycles. The molecule has 0 bridgehead atoms. The zero-order valence-electron chi connectivity index (χ0n) is 17.6. The third kappa shape index (κ3) is 5.78. The van der Waals surface area contributed by atoms with Crippen molar-refractivity contribution in [2.24, 2.45) is 0 Å². The number of nitrogens with zero attached hydrogens (tertiary/aromatic N) is 2. The maximum absolute atomic E-state index is 13.2. The van der Waals surface area contributed by atoms with Crippen molar-refractivity contribution in [3.8, 4) is 10.6 Å². The largest absolute Gasteiger partial charge is 0.416 e. The van der Waals surface area contributed by atoms with Gasteiger partial charge in [0.15, 0.2) is 0 Å². The lowest BCUT2D eigenvalue weighted by molar-refractivity contribution is -0.137. The molecule has 1 fully saturated rings. The molecule has 2 heterocycles. The van der Waals surface area contributed by atoms with Crippen LogP contribution in [0, 0.1) is 0 Å². The molecular weight excluding hydrogens is 451 g/mol. The summed E-state index contributed by atoms with van der Waals surface area (Å²) in [6.07, 6.45) is -3.40. The fourth-order valence-corrected chi connectivity index (χ4v) is 4.62. The summed E-state index contributed by atoms with van der Waals surface area (Å²) in [6.45, 7) is 0.648. The fraction of sp³-hybridized carbons (Fsp3) is 0.292. The van der Waals surface area contributed by atoms with Gasteiger partial charge in [0.05, 0.1) is 23.7 Å². The van der Waals surface area contributed by atoms with Crippen LogP contribution in [0.25, 0.3) is 10.6 Å². The highest BCUT2D eigenvalue weighted by atomic mass is 32.1. The molecule has 2 aromatic carbocycles. The van der Waals surface area contributed by atoms with Crippen LogP contribution >= 0.6 is 11.3 Å². The number of carbonyl (C=O) groups excluding carboxylic acids is 2. The summed E-state index contributed by atoms with van der Waals surface area (Å²) >= 11 is 1.42. The molecule has 5 nitrogen and oxygen atoms in total. The Morgan fingerprint density at radius 2 is 1.94 bits per heavy atom. The number of aromatic nitrogens is 1. The number of carbonyl (C=O) groups is 2. The number of benzene rings is 2. The molecule has 1 atom stereocenters. The first-order valence-electron chi connectivity index (χ1n) is 10.5. The molecule has 172 valence electrons. The van der Waals surface area contributed by atoms with Crippen molar-refractivity contribution in [2.45, 2.75) is 31.5 Å². The number of rotatable bonds is 7. The van der Waals surface area contributed by atoms with E-state index < -0.39 is 17.8 Å². The van der Waals surface area contributed by atoms with Crippen LogP contribution in [0.3, 0.4) is 0 Å². The van der Waals surface area contributed by atoms with Gasteiger partial charge in [-0.25, -0.2) is 4.98 Å². The average Bonchev–Trinajstić information content (AvgIpc) is 3.42. The van der Waals surface area contributed by atoms with Gasteiger partial charge in [-0.3, -0.25) is 9.59 Å². The Balaban J connectivity index is 1.51. The maximum atomic E-state index is 13.2. The molecular formula is C24H22F3N3O2S. The van der Waals surface area contributed by atoms with Crippen LogP contribution in [0.15, 0.2) is 60.0 Å². The number of alkyl halides is 3. The molecule has 2 amide bonds. The van der Waals surface area contributed by atoms with Crippen molar-refractivity contribution in [1.82, 2.24) is 15.2 Å². The quantitative estimate of drug-likeness (QED) is 0.534. The highest BCUT2D eigenvalue weighted by Crippen LogP contribution is 2.31. The number of likely N-dealkylation sites (tertiary alicyclic amines) is 1. The third-order valence-corrected chi connectivity index (χ3v) is 6.38. The Labute approximate surface area is 193 Å². The molecule has 1 aliphatic rings. The van der Waals surface area contributed by atoms with E-state index in [9.17, 15) is 22.8 Å². The van der Waals surface area contributed by atoms with Crippen molar-refractivity contribution >= 4 is 23.2 Å². The van der Waals surface area contributed by atoms with Gasteiger partial charge in [-0.2, -0.15) is 13.2 Å². The molecule has 0 spiro atoms. The Kier molecular flexibility index (Phi) is 6.78. The van der Waals surface area contributed by atoms with E-state index in [1.165, 1.54) is 23.5 Å². The summed E-state index contributed by atoms with van der Waals surface area (Å²) < 4.78 is 39.7. The van der Waals surface area contributed by atoms with E-state index in [1.54, 1.807) is 10.3 Å². The third-order valence-electron chi connectivity index (χ3n) is 5.44. The van der Waals surface area contributed by atoms with E-state index in [1.807, 2.05) is 30.3 Å². The van der Waals surface area contributed by atoms with E-state index in [4.69, 9.17) is 0 Å². The Morgan fingerprint density at radius 1 is 1.15 bits per heavy atom. The van der Waals surface area contributed by atoms with Gasteiger partial charge >= 0.3 is 6.18 Å². The van der Waals surface area contributed by atoms with E-state index in [0.717, 1.165) is 22.7 Å². The van der Waals surface area contributed by atoms with E-state index in [2.05, 4.69) is 10.3 Å². The van der Waals surface area contributed by atoms with E-state index in [-0.39, 0.29) is 24.8 Å². The monoisotopic (exact) mass is 473 g/mol. The van der Waals surface area contributed by atoms with Crippen molar-refractivity contribution in [2.75, 3.05) is 13.1 Å². The normalized spacial score (nSPS) is 15.0. The smallest absolute Gasteiger partial charge is 0.347 e. The van der Waals surface area contributed by atoms with Crippen LogP contribution < -0.4 is 5.32 Å². The summed E-state index contributed by atoms with van der Waals surface area (Å²) in [5.41, 5.74) is 1.04.